The number of ether oxygens (including phenoxy) is 2. The van der Waals surface area contributed by atoms with Crippen molar-refractivity contribution in [2.75, 3.05) is 33.5 Å². The molecule has 2 rings (SSSR count). The van der Waals surface area contributed by atoms with Crippen LogP contribution in [0.5, 0.6) is 0 Å². The minimum atomic E-state index is 0. The fourth-order valence-electron chi connectivity index (χ4n) is 3.04. The SMILES string of the molecule is COCC1(CN=C(N)NC2CCCC2)CCOCC1.I. The van der Waals surface area contributed by atoms with Gasteiger partial charge in [0.15, 0.2) is 5.96 Å². The maximum atomic E-state index is 5.99. The third-order valence-corrected chi connectivity index (χ3v) is 4.30. The van der Waals surface area contributed by atoms with Gasteiger partial charge in [0.2, 0.25) is 0 Å². The van der Waals surface area contributed by atoms with Crippen molar-refractivity contribution in [3.05, 3.63) is 0 Å². The van der Waals surface area contributed by atoms with Crippen LogP contribution in [0, 0.1) is 5.41 Å². The molecular weight excluding hydrogens is 369 g/mol. The van der Waals surface area contributed by atoms with E-state index >= 15 is 0 Å². The Labute approximate surface area is 139 Å². The number of methoxy groups -OCH3 is 1. The third kappa shape index (κ3) is 5.37. The highest BCUT2D eigenvalue weighted by Crippen LogP contribution is 2.31. The summed E-state index contributed by atoms with van der Waals surface area (Å²) in [5.41, 5.74) is 6.10. The van der Waals surface area contributed by atoms with Crippen LogP contribution in [0.4, 0.5) is 0 Å². The number of hydrogen-bond acceptors (Lipinski definition) is 3. The minimum Gasteiger partial charge on any atom is -0.384 e. The van der Waals surface area contributed by atoms with Gasteiger partial charge in [-0.2, -0.15) is 0 Å². The molecule has 1 aliphatic heterocycles. The van der Waals surface area contributed by atoms with Gasteiger partial charge >= 0.3 is 0 Å². The second kappa shape index (κ2) is 9.04. The van der Waals surface area contributed by atoms with E-state index in [1.807, 2.05) is 0 Å². The lowest BCUT2D eigenvalue weighted by Crippen LogP contribution is -2.41. The fraction of sp³-hybridized carbons (Fsp3) is 0.929. The van der Waals surface area contributed by atoms with Crippen LogP contribution in [-0.2, 0) is 9.47 Å². The predicted octanol–water partition coefficient (Wildman–Crippen LogP) is 1.89. The van der Waals surface area contributed by atoms with Crippen molar-refractivity contribution in [3.8, 4) is 0 Å². The molecule has 5 nitrogen and oxygen atoms in total. The molecule has 1 aliphatic carbocycles. The van der Waals surface area contributed by atoms with Crippen molar-refractivity contribution in [1.82, 2.24) is 5.32 Å². The molecule has 0 atom stereocenters. The zero-order valence-corrected chi connectivity index (χ0v) is 14.7. The van der Waals surface area contributed by atoms with Gasteiger partial charge in [0.1, 0.15) is 0 Å². The second-order valence-electron chi connectivity index (χ2n) is 5.87. The molecule has 1 heterocycles. The highest BCUT2D eigenvalue weighted by atomic mass is 127. The van der Waals surface area contributed by atoms with Crippen LogP contribution in [0.1, 0.15) is 38.5 Å². The number of nitrogens with zero attached hydrogens (tertiary/aromatic N) is 1. The molecule has 1 saturated carbocycles. The standard InChI is InChI=1S/C14H27N3O2.HI/c1-18-11-14(6-8-19-9-7-14)10-16-13(15)17-12-4-2-3-5-12;/h12H,2-11H2,1H3,(H3,15,16,17);1H. The van der Waals surface area contributed by atoms with Crippen molar-refractivity contribution in [3.63, 3.8) is 0 Å². The van der Waals surface area contributed by atoms with E-state index in [0.717, 1.165) is 39.2 Å². The zero-order valence-electron chi connectivity index (χ0n) is 12.4. The maximum absolute atomic E-state index is 5.99. The monoisotopic (exact) mass is 397 g/mol. The Morgan fingerprint density at radius 2 is 2.00 bits per heavy atom. The number of aliphatic imine (C=N–C) groups is 1. The van der Waals surface area contributed by atoms with E-state index in [1.54, 1.807) is 7.11 Å². The summed E-state index contributed by atoms with van der Waals surface area (Å²) in [7, 11) is 1.75. The van der Waals surface area contributed by atoms with Crippen molar-refractivity contribution >= 4 is 29.9 Å². The lowest BCUT2D eigenvalue weighted by atomic mass is 9.81. The van der Waals surface area contributed by atoms with Gasteiger partial charge in [-0.15, -0.1) is 24.0 Å². The number of nitrogens with one attached hydrogen (secondary N) is 1. The molecule has 2 fully saturated rings. The average molecular weight is 397 g/mol. The van der Waals surface area contributed by atoms with E-state index in [2.05, 4.69) is 10.3 Å². The van der Waals surface area contributed by atoms with Crippen LogP contribution >= 0.6 is 24.0 Å². The molecule has 3 N–H and O–H groups in total. The summed E-state index contributed by atoms with van der Waals surface area (Å²) in [6, 6.07) is 0.525. The van der Waals surface area contributed by atoms with E-state index in [1.165, 1.54) is 25.7 Å². The van der Waals surface area contributed by atoms with Crippen LogP contribution in [0.3, 0.4) is 0 Å². The van der Waals surface area contributed by atoms with Crippen LogP contribution in [0.2, 0.25) is 0 Å². The van der Waals surface area contributed by atoms with Crippen molar-refractivity contribution < 1.29 is 9.47 Å². The first-order valence-corrected chi connectivity index (χ1v) is 7.37. The second-order valence-corrected chi connectivity index (χ2v) is 5.87. The highest BCUT2D eigenvalue weighted by molar-refractivity contribution is 14.0. The van der Waals surface area contributed by atoms with Gasteiger partial charge in [-0.3, -0.25) is 4.99 Å². The number of guanidine groups is 1. The summed E-state index contributed by atoms with van der Waals surface area (Å²) in [5, 5.41) is 3.33. The topological polar surface area (TPSA) is 68.9 Å². The Morgan fingerprint density at radius 3 is 2.60 bits per heavy atom. The van der Waals surface area contributed by atoms with Gasteiger partial charge in [0, 0.05) is 31.8 Å². The molecule has 20 heavy (non-hydrogen) atoms. The first-order chi connectivity index (χ1) is 9.24. The van der Waals surface area contributed by atoms with E-state index in [-0.39, 0.29) is 29.4 Å². The van der Waals surface area contributed by atoms with Crippen LogP contribution in [0.15, 0.2) is 4.99 Å². The molecule has 118 valence electrons. The predicted molar refractivity (Wildman–Crippen MR) is 91.7 cm³/mol. The zero-order chi connectivity index (χ0) is 13.6. The average Bonchev–Trinajstić information content (AvgIpc) is 2.91. The molecule has 0 bridgehead atoms. The number of nitrogens with two attached hydrogens (primary N) is 1. The normalized spacial score (nSPS) is 23.4. The summed E-state index contributed by atoms with van der Waals surface area (Å²) < 4.78 is 10.8. The van der Waals surface area contributed by atoms with Crippen LogP contribution in [-0.4, -0.2) is 45.5 Å². The van der Waals surface area contributed by atoms with Gasteiger partial charge in [0.05, 0.1) is 13.2 Å². The Hall–Kier alpha value is -0.0800. The first-order valence-electron chi connectivity index (χ1n) is 7.37. The molecule has 0 spiro atoms. The molecule has 0 aromatic rings. The van der Waals surface area contributed by atoms with Gasteiger partial charge in [0.25, 0.3) is 0 Å². The lowest BCUT2D eigenvalue weighted by Gasteiger charge is -2.35. The van der Waals surface area contributed by atoms with Crippen LogP contribution in [0.25, 0.3) is 0 Å². The smallest absolute Gasteiger partial charge is 0.188 e. The van der Waals surface area contributed by atoms with Gasteiger partial charge in [-0.05, 0) is 25.7 Å². The summed E-state index contributed by atoms with van der Waals surface area (Å²) in [4.78, 5) is 4.55. The molecular formula is C14H28IN3O2. The van der Waals surface area contributed by atoms with Crippen molar-refractivity contribution in [2.45, 2.75) is 44.6 Å². The van der Waals surface area contributed by atoms with Gasteiger partial charge < -0.3 is 20.5 Å². The number of halogens is 1. The van der Waals surface area contributed by atoms with E-state index in [0.29, 0.717) is 12.0 Å². The van der Waals surface area contributed by atoms with Gasteiger partial charge in [-0.1, -0.05) is 12.8 Å². The van der Waals surface area contributed by atoms with Crippen molar-refractivity contribution in [2.24, 2.45) is 16.1 Å². The van der Waals surface area contributed by atoms with E-state index < -0.39 is 0 Å². The maximum Gasteiger partial charge on any atom is 0.188 e. The molecule has 0 amide bonds. The summed E-state index contributed by atoms with van der Waals surface area (Å²) in [6.45, 7) is 3.07. The minimum absolute atomic E-state index is 0. The molecule has 2 aliphatic rings. The quantitative estimate of drug-likeness (QED) is 0.423. The largest absolute Gasteiger partial charge is 0.384 e. The molecule has 0 aromatic heterocycles. The Morgan fingerprint density at radius 1 is 1.35 bits per heavy atom. The van der Waals surface area contributed by atoms with E-state index in [9.17, 15) is 0 Å². The lowest BCUT2D eigenvalue weighted by molar-refractivity contribution is -0.0223. The molecule has 0 radical (unpaired) electrons. The fourth-order valence-corrected chi connectivity index (χ4v) is 3.04. The third-order valence-electron chi connectivity index (χ3n) is 4.30. The molecule has 0 unspecified atom stereocenters. The van der Waals surface area contributed by atoms with Crippen molar-refractivity contribution in [1.29, 1.82) is 0 Å². The Kier molecular flexibility index (Phi) is 8.13. The van der Waals surface area contributed by atoms with Crippen LogP contribution < -0.4 is 11.1 Å². The number of rotatable bonds is 5. The molecule has 1 saturated heterocycles. The van der Waals surface area contributed by atoms with E-state index in [4.69, 9.17) is 15.2 Å². The summed E-state index contributed by atoms with van der Waals surface area (Å²) in [6.07, 6.45) is 7.04. The summed E-state index contributed by atoms with van der Waals surface area (Å²) in [5.74, 6) is 0.592. The Balaban J connectivity index is 0.00000200. The number of hydrogen-bond donors (Lipinski definition) is 2. The van der Waals surface area contributed by atoms with Gasteiger partial charge in [-0.25, -0.2) is 0 Å². The summed E-state index contributed by atoms with van der Waals surface area (Å²) >= 11 is 0. The first kappa shape index (κ1) is 18.0. The highest BCUT2D eigenvalue weighted by Gasteiger charge is 2.32. The molecule has 6 heteroatoms. The Bertz CT molecular complexity index is 295. The molecule has 0 aromatic carbocycles.